The van der Waals surface area contributed by atoms with Gasteiger partial charge in [-0.2, -0.15) is 0 Å². The molecule has 0 atom stereocenters. The van der Waals surface area contributed by atoms with Gasteiger partial charge < -0.3 is 19.4 Å². The molecular formula is C22H26N2O3S. The predicted octanol–water partition coefficient (Wildman–Crippen LogP) is 5.80. The first-order valence-electron chi connectivity index (χ1n) is 9.57. The molecule has 2 heterocycles. The lowest BCUT2D eigenvalue weighted by Crippen LogP contribution is -2.35. The third kappa shape index (κ3) is 6.16. The van der Waals surface area contributed by atoms with Crippen molar-refractivity contribution >= 4 is 23.1 Å². The van der Waals surface area contributed by atoms with Gasteiger partial charge in [0.25, 0.3) is 0 Å². The van der Waals surface area contributed by atoms with Crippen molar-refractivity contribution in [3.63, 3.8) is 0 Å². The van der Waals surface area contributed by atoms with E-state index in [1.165, 1.54) is 4.88 Å². The molecule has 0 bridgehead atoms. The van der Waals surface area contributed by atoms with E-state index in [1.54, 1.807) is 28.8 Å². The predicted molar refractivity (Wildman–Crippen MR) is 113 cm³/mol. The number of hydrogen-bond acceptors (Lipinski definition) is 4. The molecular weight excluding hydrogens is 372 g/mol. The van der Waals surface area contributed by atoms with Crippen molar-refractivity contribution in [1.29, 1.82) is 0 Å². The van der Waals surface area contributed by atoms with Gasteiger partial charge in [-0.1, -0.05) is 19.4 Å². The Morgan fingerprint density at radius 3 is 2.75 bits per heavy atom. The Labute approximate surface area is 169 Å². The van der Waals surface area contributed by atoms with Crippen LogP contribution in [-0.2, 0) is 13.0 Å². The van der Waals surface area contributed by atoms with Crippen molar-refractivity contribution in [3.05, 3.63) is 70.8 Å². The summed E-state index contributed by atoms with van der Waals surface area (Å²) in [4.78, 5) is 15.9. The Balaban J connectivity index is 1.59. The van der Waals surface area contributed by atoms with Crippen LogP contribution in [0.5, 0.6) is 5.75 Å². The third-order valence-electron chi connectivity index (χ3n) is 4.32. The summed E-state index contributed by atoms with van der Waals surface area (Å²) in [6.45, 7) is 3.99. The quantitative estimate of drug-likeness (QED) is 0.439. The summed E-state index contributed by atoms with van der Waals surface area (Å²) in [5.41, 5.74) is 1.72. The molecule has 0 unspecified atom stereocenters. The lowest BCUT2D eigenvalue weighted by molar-refractivity contribution is 0.210. The van der Waals surface area contributed by atoms with E-state index >= 15 is 0 Å². The third-order valence-corrected chi connectivity index (χ3v) is 5.26. The monoisotopic (exact) mass is 398 g/mol. The van der Waals surface area contributed by atoms with Crippen LogP contribution < -0.4 is 10.1 Å². The first-order chi connectivity index (χ1) is 13.7. The Morgan fingerprint density at radius 1 is 1.21 bits per heavy atom. The standard InChI is InChI=1S/C22H26N2O3S/c1-2-3-13-27-20-8-6-19(7-9-20)23-22(25)24(16-18-11-14-26-17-18)12-10-21-5-4-15-28-21/h4-9,11,14-15,17H,2-3,10,12-13,16H2,1H3,(H,23,25). The van der Waals surface area contributed by atoms with Gasteiger partial charge in [-0.15, -0.1) is 11.3 Å². The van der Waals surface area contributed by atoms with Gasteiger partial charge in [-0.3, -0.25) is 0 Å². The summed E-state index contributed by atoms with van der Waals surface area (Å²) in [5, 5.41) is 5.04. The summed E-state index contributed by atoms with van der Waals surface area (Å²) in [6.07, 6.45) is 6.26. The number of thiophene rings is 1. The number of nitrogens with one attached hydrogen (secondary N) is 1. The van der Waals surface area contributed by atoms with Crippen LogP contribution in [0.25, 0.3) is 0 Å². The highest BCUT2D eigenvalue weighted by atomic mass is 32.1. The van der Waals surface area contributed by atoms with E-state index in [9.17, 15) is 4.79 Å². The average molecular weight is 399 g/mol. The van der Waals surface area contributed by atoms with Crippen molar-refractivity contribution < 1.29 is 13.9 Å². The lowest BCUT2D eigenvalue weighted by atomic mass is 10.2. The molecule has 1 aromatic carbocycles. The number of carbonyl (C=O) groups excluding carboxylic acids is 1. The Hall–Kier alpha value is -2.73. The zero-order chi connectivity index (χ0) is 19.6. The second-order valence-corrected chi connectivity index (χ2v) is 7.57. The fourth-order valence-corrected chi connectivity index (χ4v) is 3.42. The number of anilines is 1. The van der Waals surface area contributed by atoms with Gasteiger partial charge in [0.15, 0.2) is 0 Å². The van der Waals surface area contributed by atoms with E-state index in [0.29, 0.717) is 19.7 Å². The maximum atomic E-state index is 12.9. The van der Waals surface area contributed by atoms with E-state index in [0.717, 1.165) is 36.3 Å². The van der Waals surface area contributed by atoms with E-state index in [2.05, 4.69) is 23.7 Å². The van der Waals surface area contributed by atoms with Crippen LogP contribution in [0.1, 0.15) is 30.2 Å². The maximum absolute atomic E-state index is 12.9. The molecule has 0 saturated carbocycles. The minimum atomic E-state index is -0.127. The molecule has 2 aromatic heterocycles. The van der Waals surface area contributed by atoms with Gasteiger partial charge in [-0.05, 0) is 54.6 Å². The number of hydrogen-bond donors (Lipinski definition) is 1. The highest BCUT2D eigenvalue weighted by Gasteiger charge is 2.15. The number of rotatable bonds is 10. The number of unbranched alkanes of at least 4 members (excludes halogenated alkanes) is 1. The van der Waals surface area contributed by atoms with E-state index in [4.69, 9.17) is 9.15 Å². The second-order valence-electron chi connectivity index (χ2n) is 6.54. The zero-order valence-electron chi connectivity index (χ0n) is 16.1. The Kier molecular flexibility index (Phi) is 7.55. The number of benzene rings is 1. The van der Waals surface area contributed by atoms with E-state index < -0.39 is 0 Å². The maximum Gasteiger partial charge on any atom is 0.322 e. The fraction of sp³-hybridized carbons (Fsp3) is 0.318. The first-order valence-corrected chi connectivity index (χ1v) is 10.4. The SMILES string of the molecule is CCCCOc1ccc(NC(=O)N(CCc2cccs2)Cc2ccoc2)cc1. The number of nitrogens with zero attached hydrogens (tertiary/aromatic N) is 1. The van der Waals surface area contributed by atoms with Gasteiger partial charge in [0.1, 0.15) is 5.75 Å². The van der Waals surface area contributed by atoms with E-state index in [1.807, 2.05) is 36.4 Å². The number of furan rings is 1. The smallest absolute Gasteiger partial charge is 0.322 e. The minimum absolute atomic E-state index is 0.127. The number of ether oxygens (including phenoxy) is 1. The van der Waals surface area contributed by atoms with Crippen LogP contribution >= 0.6 is 11.3 Å². The van der Waals surface area contributed by atoms with Crippen LogP contribution in [0, 0.1) is 0 Å². The average Bonchev–Trinajstić information content (AvgIpc) is 3.40. The van der Waals surface area contributed by atoms with E-state index in [-0.39, 0.29) is 6.03 Å². The summed E-state index contributed by atoms with van der Waals surface area (Å²) in [6, 6.07) is 13.4. The summed E-state index contributed by atoms with van der Waals surface area (Å²) in [5.74, 6) is 0.819. The summed E-state index contributed by atoms with van der Waals surface area (Å²) >= 11 is 1.71. The Morgan fingerprint density at radius 2 is 2.07 bits per heavy atom. The molecule has 28 heavy (non-hydrogen) atoms. The molecule has 1 N–H and O–H groups in total. The van der Waals surface area contributed by atoms with Crippen LogP contribution in [-0.4, -0.2) is 24.1 Å². The zero-order valence-corrected chi connectivity index (χ0v) is 16.9. The largest absolute Gasteiger partial charge is 0.494 e. The van der Waals surface area contributed by atoms with Crippen molar-refractivity contribution in [1.82, 2.24) is 4.90 Å². The fourth-order valence-electron chi connectivity index (χ4n) is 2.73. The molecule has 3 rings (SSSR count). The first kappa shape index (κ1) is 20.0. The number of urea groups is 1. The van der Waals surface area contributed by atoms with Gasteiger partial charge in [0, 0.05) is 22.7 Å². The Bertz CT molecular complexity index is 814. The highest BCUT2D eigenvalue weighted by Crippen LogP contribution is 2.18. The van der Waals surface area contributed by atoms with Crippen molar-refractivity contribution in [2.24, 2.45) is 0 Å². The lowest BCUT2D eigenvalue weighted by Gasteiger charge is -2.22. The molecule has 0 saturated heterocycles. The molecule has 6 heteroatoms. The molecule has 0 fully saturated rings. The molecule has 0 radical (unpaired) electrons. The molecule has 3 aromatic rings. The van der Waals surface area contributed by atoms with Crippen molar-refractivity contribution in [2.75, 3.05) is 18.5 Å². The normalized spacial score (nSPS) is 10.6. The minimum Gasteiger partial charge on any atom is -0.494 e. The molecule has 5 nitrogen and oxygen atoms in total. The van der Waals surface area contributed by atoms with Gasteiger partial charge in [0.05, 0.1) is 25.7 Å². The highest BCUT2D eigenvalue weighted by molar-refractivity contribution is 7.09. The molecule has 0 spiro atoms. The van der Waals surface area contributed by atoms with Gasteiger partial charge in [-0.25, -0.2) is 4.79 Å². The summed E-state index contributed by atoms with van der Waals surface area (Å²) in [7, 11) is 0. The van der Waals surface area contributed by atoms with Crippen LogP contribution in [0.2, 0.25) is 0 Å². The molecule has 2 amide bonds. The number of carbonyl (C=O) groups is 1. The molecule has 148 valence electrons. The van der Waals surface area contributed by atoms with Crippen LogP contribution in [0.4, 0.5) is 10.5 Å². The van der Waals surface area contributed by atoms with Crippen molar-refractivity contribution in [3.8, 4) is 5.75 Å². The molecule has 0 aliphatic carbocycles. The van der Waals surface area contributed by atoms with Crippen LogP contribution in [0.3, 0.4) is 0 Å². The number of amides is 2. The van der Waals surface area contributed by atoms with Gasteiger partial charge >= 0.3 is 6.03 Å². The topological polar surface area (TPSA) is 54.7 Å². The second kappa shape index (κ2) is 10.6. The summed E-state index contributed by atoms with van der Waals surface area (Å²) < 4.78 is 10.8. The van der Waals surface area contributed by atoms with Crippen LogP contribution in [0.15, 0.2) is 64.8 Å². The van der Waals surface area contributed by atoms with Crippen molar-refractivity contribution in [2.45, 2.75) is 32.7 Å². The molecule has 0 aliphatic rings. The molecule has 0 aliphatic heterocycles. The van der Waals surface area contributed by atoms with Gasteiger partial charge in [0.2, 0.25) is 0 Å².